The number of nitrogens with one attached hydrogen (secondary N) is 1. The Morgan fingerprint density at radius 1 is 1.26 bits per heavy atom. The molecule has 27 heavy (non-hydrogen) atoms. The normalized spacial score (nSPS) is 14.9. The van der Waals surface area contributed by atoms with Gasteiger partial charge in [0.2, 0.25) is 5.91 Å². The van der Waals surface area contributed by atoms with Crippen LogP contribution in [0.25, 0.3) is 0 Å². The summed E-state index contributed by atoms with van der Waals surface area (Å²) in [5.41, 5.74) is 2.19. The first-order chi connectivity index (χ1) is 12.7. The first kappa shape index (κ1) is 21.2. The van der Waals surface area contributed by atoms with E-state index in [2.05, 4.69) is 39.7 Å². The lowest BCUT2D eigenvalue weighted by molar-refractivity contribution is -0.120. The quantitative estimate of drug-likeness (QED) is 0.306. The molecule has 0 atom stereocenters. The van der Waals surface area contributed by atoms with Crippen LogP contribution < -0.4 is 10.2 Å². The molecule has 0 spiro atoms. The summed E-state index contributed by atoms with van der Waals surface area (Å²) in [5, 5.41) is 7.52. The highest BCUT2D eigenvalue weighted by Crippen LogP contribution is 2.16. The number of halogens is 1. The van der Waals surface area contributed by atoms with Gasteiger partial charge in [0.15, 0.2) is 5.96 Å². The van der Waals surface area contributed by atoms with Gasteiger partial charge < -0.3 is 15.1 Å². The zero-order valence-corrected chi connectivity index (χ0v) is 18.2. The van der Waals surface area contributed by atoms with Crippen molar-refractivity contribution in [2.45, 2.75) is 12.8 Å². The van der Waals surface area contributed by atoms with E-state index < -0.39 is 0 Å². The lowest BCUT2D eigenvalue weighted by atomic mass is 10.1. The second kappa shape index (κ2) is 10.3. The number of carbonyl (C=O) groups excluding carboxylic acids is 1. The molecule has 3 rings (SSSR count). The van der Waals surface area contributed by atoms with E-state index in [0.29, 0.717) is 13.1 Å². The molecule has 0 bridgehead atoms. The van der Waals surface area contributed by atoms with E-state index in [4.69, 9.17) is 0 Å². The van der Waals surface area contributed by atoms with Gasteiger partial charge in [-0.2, -0.15) is 5.10 Å². The Balaban J connectivity index is 0.00000261. The third-order valence-electron chi connectivity index (χ3n) is 4.50. The summed E-state index contributed by atoms with van der Waals surface area (Å²) < 4.78 is 1.71. The zero-order valence-electron chi connectivity index (χ0n) is 15.8. The number of aryl methyl sites for hydroxylation is 2. The van der Waals surface area contributed by atoms with Crippen LogP contribution in [-0.4, -0.2) is 59.8 Å². The summed E-state index contributed by atoms with van der Waals surface area (Å²) in [5.74, 6) is 0.855. The van der Waals surface area contributed by atoms with Gasteiger partial charge in [-0.3, -0.25) is 14.5 Å². The van der Waals surface area contributed by atoms with Crippen LogP contribution in [0.15, 0.2) is 47.7 Å². The van der Waals surface area contributed by atoms with Crippen LogP contribution in [0, 0.1) is 0 Å². The van der Waals surface area contributed by atoms with Gasteiger partial charge in [0.05, 0.1) is 11.9 Å². The van der Waals surface area contributed by atoms with Crippen molar-refractivity contribution >= 4 is 41.5 Å². The maximum Gasteiger partial charge on any atom is 0.246 e. The molecule has 1 aromatic heterocycles. The van der Waals surface area contributed by atoms with Crippen LogP contribution in [0.2, 0.25) is 0 Å². The van der Waals surface area contributed by atoms with Crippen LogP contribution in [-0.2, 0) is 18.3 Å². The topological polar surface area (TPSA) is 65.8 Å². The molecule has 0 radical (unpaired) electrons. The summed E-state index contributed by atoms with van der Waals surface area (Å²) in [7, 11) is 3.61. The smallest absolute Gasteiger partial charge is 0.246 e. The van der Waals surface area contributed by atoms with Crippen LogP contribution in [0.3, 0.4) is 0 Å². The molecule has 1 saturated heterocycles. The summed E-state index contributed by atoms with van der Waals surface area (Å²) >= 11 is 0. The maximum atomic E-state index is 12.5. The zero-order chi connectivity index (χ0) is 18.4. The number of benzene rings is 1. The van der Waals surface area contributed by atoms with Gasteiger partial charge in [-0.25, -0.2) is 0 Å². The summed E-state index contributed by atoms with van der Waals surface area (Å²) in [6.07, 6.45) is 5.64. The Bertz CT molecular complexity index is 761. The molecule has 1 fully saturated rings. The molecule has 0 aliphatic carbocycles. The van der Waals surface area contributed by atoms with Crippen molar-refractivity contribution in [2.24, 2.45) is 12.0 Å². The second-order valence-electron chi connectivity index (χ2n) is 6.40. The highest BCUT2D eigenvalue weighted by Gasteiger charge is 2.27. The number of nitrogens with zero attached hydrogens (tertiary/aromatic N) is 5. The molecule has 8 heteroatoms. The van der Waals surface area contributed by atoms with Gasteiger partial charge in [0, 0.05) is 39.9 Å². The molecule has 1 N–H and O–H groups in total. The Morgan fingerprint density at radius 3 is 2.67 bits per heavy atom. The largest absolute Gasteiger partial charge is 0.356 e. The van der Waals surface area contributed by atoms with E-state index in [0.717, 1.165) is 37.6 Å². The molecular formula is C19H27IN6O. The third kappa shape index (κ3) is 5.69. The fraction of sp³-hybridized carbons (Fsp3) is 0.421. The summed E-state index contributed by atoms with van der Waals surface area (Å²) in [4.78, 5) is 20.6. The Hall–Kier alpha value is -2.10. The number of hydrogen-bond donors (Lipinski definition) is 1. The molecule has 2 aromatic rings. The van der Waals surface area contributed by atoms with Crippen molar-refractivity contribution in [3.8, 4) is 0 Å². The molecule has 0 saturated carbocycles. The number of amides is 1. The van der Waals surface area contributed by atoms with Crippen molar-refractivity contribution in [1.29, 1.82) is 0 Å². The average Bonchev–Trinajstić information content (AvgIpc) is 3.08. The Kier molecular flexibility index (Phi) is 8.08. The predicted molar refractivity (Wildman–Crippen MR) is 119 cm³/mol. The van der Waals surface area contributed by atoms with E-state index >= 15 is 0 Å². The van der Waals surface area contributed by atoms with Gasteiger partial charge in [0.25, 0.3) is 0 Å². The highest BCUT2D eigenvalue weighted by atomic mass is 127. The van der Waals surface area contributed by atoms with E-state index in [1.807, 2.05) is 24.2 Å². The molecule has 1 aliphatic rings. The van der Waals surface area contributed by atoms with Crippen molar-refractivity contribution < 1.29 is 4.79 Å². The standard InChI is InChI=1S/C19H26N6O.HI/c1-20-19(21-10-6-9-16-7-4-3-5-8-16)24-11-12-25(18(26)15-24)17-13-22-23(2)14-17;/h3-5,7-8,13-14H,6,9-12,15H2,1-2H3,(H,20,21);1H. The van der Waals surface area contributed by atoms with Crippen LogP contribution in [0.5, 0.6) is 0 Å². The first-order valence-electron chi connectivity index (χ1n) is 8.96. The number of aliphatic imine (C=N–C) groups is 1. The summed E-state index contributed by atoms with van der Waals surface area (Å²) in [6, 6.07) is 10.5. The lowest BCUT2D eigenvalue weighted by Gasteiger charge is -2.35. The number of rotatable bonds is 5. The SMILES string of the molecule is CN=C(NCCCc1ccccc1)N1CCN(c2cnn(C)c2)C(=O)C1.I. The molecular weight excluding hydrogens is 455 g/mol. The summed E-state index contributed by atoms with van der Waals surface area (Å²) in [6.45, 7) is 2.54. The molecule has 1 aromatic carbocycles. The molecule has 7 nitrogen and oxygen atoms in total. The average molecular weight is 482 g/mol. The predicted octanol–water partition coefficient (Wildman–Crippen LogP) is 1.89. The minimum atomic E-state index is 0. The number of hydrogen-bond acceptors (Lipinski definition) is 3. The fourth-order valence-electron chi connectivity index (χ4n) is 3.14. The Labute approximate surface area is 177 Å². The second-order valence-corrected chi connectivity index (χ2v) is 6.40. The Morgan fingerprint density at radius 2 is 2.04 bits per heavy atom. The minimum Gasteiger partial charge on any atom is -0.356 e. The lowest BCUT2D eigenvalue weighted by Crippen LogP contribution is -2.55. The first-order valence-corrected chi connectivity index (χ1v) is 8.96. The third-order valence-corrected chi connectivity index (χ3v) is 4.50. The van der Waals surface area contributed by atoms with Gasteiger partial charge in [-0.1, -0.05) is 30.3 Å². The van der Waals surface area contributed by atoms with E-state index in [1.54, 1.807) is 22.8 Å². The number of carbonyl (C=O) groups is 1. The van der Waals surface area contributed by atoms with Crippen LogP contribution in [0.4, 0.5) is 5.69 Å². The minimum absolute atomic E-state index is 0. The van der Waals surface area contributed by atoms with Gasteiger partial charge in [0.1, 0.15) is 6.54 Å². The van der Waals surface area contributed by atoms with Crippen molar-refractivity contribution in [2.75, 3.05) is 38.1 Å². The molecule has 146 valence electrons. The maximum absolute atomic E-state index is 12.5. The van der Waals surface area contributed by atoms with Crippen molar-refractivity contribution in [3.63, 3.8) is 0 Å². The van der Waals surface area contributed by atoms with E-state index in [9.17, 15) is 4.79 Å². The number of piperazine rings is 1. The monoisotopic (exact) mass is 482 g/mol. The van der Waals surface area contributed by atoms with Gasteiger partial charge in [-0.05, 0) is 18.4 Å². The molecule has 1 aliphatic heterocycles. The number of aromatic nitrogens is 2. The van der Waals surface area contributed by atoms with E-state index in [1.165, 1.54) is 5.56 Å². The highest BCUT2D eigenvalue weighted by molar-refractivity contribution is 14.0. The van der Waals surface area contributed by atoms with Gasteiger partial charge >= 0.3 is 0 Å². The molecule has 2 heterocycles. The van der Waals surface area contributed by atoms with Crippen molar-refractivity contribution in [1.82, 2.24) is 20.0 Å². The van der Waals surface area contributed by atoms with Crippen LogP contribution >= 0.6 is 24.0 Å². The number of anilines is 1. The molecule has 1 amide bonds. The van der Waals surface area contributed by atoms with E-state index in [-0.39, 0.29) is 29.9 Å². The molecule has 0 unspecified atom stereocenters. The van der Waals surface area contributed by atoms with Crippen molar-refractivity contribution in [3.05, 3.63) is 48.3 Å². The van der Waals surface area contributed by atoms with Gasteiger partial charge in [-0.15, -0.1) is 24.0 Å². The number of guanidine groups is 1. The fourth-order valence-corrected chi connectivity index (χ4v) is 3.14. The van der Waals surface area contributed by atoms with Crippen LogP contribution in [0.1, 0.15) is 12.0 Å².